The van der Waals surface area contributed by atoms with E-state index >= 15 is 0 Å². The third-order valence-corrected chi connectivity index (χ3v) is 0.497. The number of rotatable bonds is 2. The van der Waals surface area contributed by atoms with Crippen LogP contribution < -0.4 is 59.1 Å². The normalized spacial score (nSPS) is 8.23. The summed E-state index contributed by atoms with van der Waals surface area (Å²) in [5.74, 6) is -0.639. The van der Waals surface area contributed by atoms with E-state index in [1.165, 1.54) is 0 Å². The molecule has 0 amide bonds. The largest absolute Gasteiger partial charge is 1.00 e. The predicted molar refractivity (Wildman–Crippen MR) is 40.0 cm³/mol. The molecule has 0 aromatic rings. The van der Waals surface area contributed by atoms with Crippen LogP contribution in [-0.4, -0.2) is 30.3 Å². The van der Waals surface area contributed by atoms with E-state index in [0.717, 1.165) is 0 Å². The Morgan fingerprint density at radius 2 is 1.69 bits per heavy atom. The Morgan fingerprint density at radius 1 is 1.46 bits per heavy atom. The van der Waals surface area contributed by atoms with Gasteiger partial charge in [0.15, 0.2) is 0 Å². The second-order valence-electron chi connectivity index (χ2n) is 1.24. The van der Waals surface area contributed by atoms with E-state index in [9.17, 15) is 4.79 Å². The first kappa shape index (κ1) is 24.3. The molecule has 0 saturated carbocycles. The van der Waals surface area contributed by atoms with Crippen molar-refractivity contribution in [1.82, 2.24) is 0 Å². The van der Waals surface area contributed by atoms with Crippen LogP contribution in [0.25, 0.3) is 0 Å². The summed E-state index contributed by atoms with van der Waals surface area (Å²) >= 11 is 8.26. The summed E-state index contributed by atoms with van der Waals surface area (Å²) in [5, 5.41) is 7.83. The zero-order valence-electron chi connectivity index (χ0n) is 7.19. The van der Waals surface area contributed by atoms with Crippen LogP contribution in [-0.2, 0) is 25.0 Å². The Hall–Kier alpha value is 2.05. The number of alkyl halides is 1. The Kier molecular flexibility index (Phi) is 26.3. The summed E-state index contributed by atoms with van der Waals surface area (Å²) in [6, 6.07) is 0. The van der Waals surface area contributed by atoms with Gasteiger partial charge in [-0.3, -0.25) is 9.00 Å². The summed E-state index contributed by atoms with van der Waals surface area (Å²) in [5.41, 5.74) is 0. The van der Waals surface area contributed by atoms with Gasteiger partial charge in [-0.05, 0) is 11.2 Å². The fourth-order valence-corrected chi connectivity index (χ4v) is 0.243. The van der Waals surface area contributed by atoms with Gasteiger partial charge in [-0.2, -0.15) is 0 Å². The van der Waals surface area contributed by atoms with E-state index in [-0.39, 0.29) is 71.4 Å². The summed E-state index contributed by atoms with van der Waals surface area (Å²) < 4.78 is 26.7. The number of hydrogen-bond acceptors (Lipinski definition) is 5. The summed E-state index contributed by atoms with van der Waals surface area (Å²) in [7, 11) is -4.33. The minimum Gasteiger partial charge on any atom is -0.780 e. The van der Waals surface area contributed by atoms with Gasteiger partial charge in [-0.25, -0.2) is 0 Å². The molecule has 0 aliphatic rings. The Morgan fingerprint density at radius 3 is 1.69 bits per heavy atom. The third-order valence-electron chi connectivity index (χ3n) is 0.308. The number of carbonyl (C=O) groups is 1. The molecule has 1 N–H and O–H groups in total. The molecule has 0 aromatic heterocycles. The van der Waals surface area contributed by atoms with E-state index in [0.29, 0.717) is 0 Å². The summed E-state index contributed by atoms with van der Waals surface area (Å²) in [4.78, 5) is 9.51. The molecule has 0 unspecified atom stereocenters. The van der Waals surface area contributed by atoms with E-state index in [4.69, 9.17) is 30.0 Å². The smallest absolute Gasteiger partial charge is 0.780 e. The van der Waals surface area contributed by atoms with E-state index in [2.05, 4.69) is 11.2 Å². The quantitative estimate of drug-likeness (QED) is 0.394. The Labute approximate surface area is 131 Å². The number of carboxylic acids is 1. The molecule has 10 heteroatoms. The molecule has 0 spiro atoms. The maximum absolute atomic E-state index is 9.51. The van der Waals surface area contributed by atoms with Crippen LogP contribution in [0.5, 0.6) is 0 Å². The first-order valence-corrected chi connectivity index (χ1v) is 5.08. The average Bonchev–Trinajstić information content (AvgIpc) is 1.58. The van der Waals surface area contributed by atoms with Gasteiger partial charge in [0.1, 0.15) is 0 Å². The van der Waals surface area contributed by atoms with Gasteiger partial charge in [0.25, 0.3) is 0 Å². The maximum Gasteiger partial charge on any atom is 1.00 e. The van der Waals surface area contributed by atoms with Gasteiger partial charge < -0.3 is 14.2 Å². The molecule has 0 aromatic carbocycles. The average molecular weight is 267 g/mol. The van der Waals surface area contributed by atoms with Crippen LogP contribution in [0.3, 0.4) is 0 Å². The molecular weight excluding hydrogens is 262 g/mol. The zero-order valence-corrected chi connectivity index (χ0v) is 13.6. The van der Waals surface area contributed by atoms with E-state index in [1.54, 1.807) is 0 Å². The molecule has 0 saturated heterocycles. The van der Waals surface area contributed by atoms with Gasteiger partial charge in [0.2, 0.25) is 0 Å². The van der Waals surface area contributed by atoms with Gasteiger partial charge in [0, 0.05) is 5.88 Å². The molecule has 0 rings (SSSR count). The molecule has 0 bridgehead atoms. The van der Waals surface area contributed by atoms with Crippen molar-refractivity contribution < 1.29 is 82.3 Å². The van der Waals surface area contributed by atoms with Crippen LogP contribution in [0.15, 0.2) is 0 Å². The number of carboxylic acid groups (broad SMARTS) is 1. The van der Waals surface area contributed by atoms with E-state index < -0.39 is 15.0 Å². The van der Waals surface area contributed by atoms with Crippen molar-refractivity contribution in [3.05, 3.63) is 0 Å². The van der Waals surface area contributed by atoms with Crippen LogP contribution in [0, 0.1) is 0 Å². The molecule has 0 fully saturated rings. The molecule has 0 radical (unpaired) electrons. The van der Waals surface area contributed by atoms with Crippen molar-refractivity contribution >= 4 is 37.8 Å². The van der Waals surface area contributed by atoms with Crippen LogP contribution in [0.1, 0.15) is 6.42 Å². The monoisotopic (exact) mass is 266 g/mol. The molecule has 0 heterocycles. The van der Waals surface area contributed by atoms with Gasteiger partial charge >= 0.3 is 65.1 Å². The number of aliphatic carboxylic acids is 1. The van der Waals surface area contributed by atoms with Crippen molar-refractivity contribution in [2.45, 2.75) is 6.42 Å². The standard InChI is InChI=1S/C3H5ClO2.2Na.H2O3S2/c4-2-1-3(5)6;;;1-5(2,3)4/h1-2H2,(H,5,6);;;(H2,1,2,3,4)/q;2*+1;/p-2. The fraction of sp³-hybridized carbons (Fsp3) is 0.667. The molecule has 13 heavy (non-hydrogen) atoms. The fourth-order valence-electron chi connectivity index (χ4n) is 0.0808. The SMILES string of the molecule is O=C(O)CCCl.O=S([O-])([O-])=S.[Na+].[Na+]. The van der Waals surface area contributed by atoms with Crippen LogP contribution in [0.2, 0.25) is 0 Å². The van der Waals surface area contributed by atoms with E-state index in [1.807, 2.05) is 0 Å². The van der Waals surface area contributed by atoms with Crippen molar-refractivity contribution in [1.29, 1.82) is 0 Å². The molecule has 68 valence electrons. The van der Waals surface area contributed by atoms with Crippen molar-refractivity contribution in [2.24, 2.45) is 0 Å². The van der Waals surface area contributed by atoms with Crippen LogP contribution in [0.4, 0.5) is 0 Å². The second-order valence-corrected chi connectivity index (χ2v) is 3.66. The Bertz CT molecular complexity index is 198. The van der Waals surface area contributed by atoms with Gasteiger partial charge in [0.05, 0.1) is 6.42 Å². The molecular formula is C3H5ClNa2O5S2. The number of hydrogen-bond donors (Lipinski definition) is 1. The van der Waals surface area contributed by atoms with Gasteiger partial charge in [-0.1, -0.05) is 0 Å². The van der Waals surface area contributed by atoms with Crippen molar-refractivity contribution in [2.75, 3.05) is 5.88 Å². The first-order chi connectivity index (χ1) is 4.77. The summed E-state index contributed by atoms with van der Waals surface area (Å²) in [6.45, 7) is 0. The zero-order chi connectivity index (χ0) is 9.49. The minimum absolute atomic E-state index is 0. The minimum atomic E-state index is -4.33. The van der Waals surface area contributed by atoms with Crippen molar-refractivity contribution in [3.8, 4) is 0 Å². The summed E-state index contributed by atoms with van der Waals surface area (Å²) in [6.07, 6.45) is 0.0571. The first-order valence-electron chi connectivity index (χ1n) is 2.22. The second kappa shape index (κ2) is 14.1. The molecule has 5 nitrogen and oxygen atoms in total. The Balaban J connectivity index is -0.0000000546. The molecule has 0 aliphatic heterocycles. The van der Waals surface area contributed by atoms with Gasteiger partial charge in [-0.15, -0.1) is 20.7 Å². The third kappa shape index (κ3) is 80.0. The maximum atomic E-state index is 9.51. The topological polar surface area (TPSA) is 100 Å². The van der Waals surface area contributed by atoms with Crippen molar-refractivity contribution in [3.63, 3.8) is 0 Å². The molecule has 0 aliphatic carbocycles. The molecule has 0 atom stereocenters. The number of halogens is 1. The van der Waals surface area contributed by atoms with Crippen LogP contribution >= 0.6 is 11.6 Å². The predicted octanol–water partition coefficient (Wildman–Crippen LogP) is -6.30.